The second-order valence-electron chi connectivity index (χ2n) is 5.74. The van der Waals surface area contributed by atoms with Crippen molar-refractivity contribution in [3.8, 4) is 0 Å². The molecule has 0 aliphatic carbocycles. The van der Waals surface area contributed by atoms with Crippen molar-refractivity contribution >= 4 is 11.9 Å². The summed E-state index contributed by atoms with van der Waals surface area (Å²) in [4.78, 5) is 25.3. The second-order valence-corrected chi connectivity index (χ2v) is 5.74. The van der Waals surface area contributed by atoms with Crippen molar-refractivity contribution in [2.45, 2.75) is 52.6 Å². The van der Waals surface area contributed by atoms with Gasteiger partial charge in [0.2, 0.25) is 5.91 Å². The summed E-state index contributed by atoms with van der Waals surface area (Å²) in [6.07, 6.45) is 2.94. The van der Waals surface area contributed by atoms with Crippen LogP contribution in [0.5, 0.6) is 0 Å². The first-order chi connectivity index (χ1) is 7.79. The Morgan fingerprint density at radius 1 is 1.41 bits per heavy atom. The van der Waals surface area contributed by atoms with E-state index in [2.05, 4.69) is 0 Å². The Bertz CT molecular complexity index is 294. The molecule has 0 spiro atoms. The molecule has 0 radical (unpaired) electrons. The molecule has 1 aliphatic heterocycles. The monoisotopic (exact) mass is 241 g/mol. The number of likely N-dealkylation sites (tertiary alicyclic amines) is 1. The van der Waals surface area contributed by atoms with Crippen molar-refractivity contribution in [3.05, 3.63) is 0 Å². The molecule has 4 nitrogen and oxygen atoms in total. The van der Waals surface area contributed by atoms with Gasteiger partial charge >= 0.3 is 5.97 Å². The molecule has 4 heteroatoms. The molecular formula is C13H23NO3. The van der Waals surface area contributed by atoms with Crippen LogP contribution in [0.2, 0.25) is 0 Å². The van der Waals surface area contributed by atoms with Crippen LogP contribution in [0.25, 0.3) is 0 Å². The lowest BCUT2D eigenvalue weighted by atomic mass is 10.1. The van der Waals surface area contributed by atoms with E-state index in [0.717, 1.165) is 19.3 Å². The van der Waals surface area contributed by atoms with E-state index in [1.165, 1.54) is 0 Å². The van der Waals surface area contributed by atoms with Crippen LogP contribution in [0.3, 0.4) is 0 Å². The fourth-order valence-corrected chi connectivity index (χ4v) is 1.99. The molecule has 0 bridgehead atoms. The molecule has 0 aromatic heterocycles. The molecule has 0 saturated carbocycles. The SMILES string of the molecule is CC1CCCCN(CC(=O)OC(C)(C)C)C1=O. The average Bonchev–Trinajstić information content (AvgIpc) is 2.30. The fraction of sp³-hybridized carbons (Fsp3) is 0.846. The topological polar surface area (TPSA) is 46.6 Å². The molecule has 98 valence electrons. The van der Waals surface area contributed by atoms with Crippen LogP contribution in [0.4, 0.5) is 0 Å². The summed E-state index contributed by atoms with van der Waals surface area (Å²) in [5.41, 5.74) is -0.488. The van der Waals surface area contributed by atoms with Crippen LogP contribution in [-0.2, 0) is 14.3 Å². The summed E-state index contributed by atoms with van der Waals surface area (Å²) in [5.74, 6) is -0.215. The third-order valence-corrected chi connectivity index (χ3v) is 2.79. The van der Waals surface area contributed by atoms with Gasteiger partial charge in [0.05, 0.1) is 0 Å². The number of hydrogen-bond donors (Lipinski definition) is 0. The molecule has 1 amide bonds. The van der Waals surface area contributed by atoms with E-state index in [1.807, 2.05) is 27.7 Å². The highest BCUT2D eigenvalue weighted by atomic mass is 16.6. The number of hydrogen-bond acceptors (Lipinski definition) is 3. The molecule has 1 aliphatic rings. The van der Waals surface area contributed by atoms with Gasteiger partial charge < -0.3 is 9.64 Å². The second kappa shape index (κ2) is 5.52. The van der Waals surface area contributed by atoms with Gasteiger partial charge in [-0.25, -0.2) is 0 Å². The zero-order chi connectivity index (χ0) is 13.1. The highest BCUT2D eigenvalue weighted by molar-refractivity contribution is 5.83. The largest absolute Gasteiger partial charge is 0.459 e. The quantitative estimate of drug-likeness (QED) is 0.694. The van der Waals surface area contributed by atoms with Gasteiger partial charge in [-0.2, -0.15) is 0 Å². The summed E-state index contributed by atoms with van der Waals surface area (Å²) in [7, 11) is 0. The van der Waals surface area contributed by atoms with Gasteiger partial charge in [-0.1, -0.05) is 13.3 Å². The molecule has 1 unspecified atom stereocenters. The minimum Gasteiger partial charge on any atom is -0.459 e. The Balaban J connectivity index is 2.54. The number of carbonyl (C=O) groups excluding carboxylic acids is 2. The predicted octanol–water partition coefficient (Wildman–Crippen LogP) is 1.98. The fourth-order valence-electron chi connectivity index (χ4n) is 1.99. The molecule has 1 fully saturated rings. The predicted molar refractivity (Wildman–Crippen MR) is 65.4 cm³/mol. The Morgan fingerprint density at radius 3 is 2.65 bits per heavy atom. The van der Waals surface area contributed by atoms with Crippen molar-refractivity contribution in [2.24, 2.45) is 5.92 Å². The maximum absolute atomic E-state index is 12.0. The Labute approximate surface area is 103 Å². The van der Waals surface area contributed by atoms with Crippen LogP contribution in [-0.4, -0.2) is 35.5 Å². The van der Waals surface area contributed by atoms with E-state index in [0.29, 0.717) is 6.54 Å². The highest BCUT2D eigenvalue weighted by Gasteiger charge is 2.26. The normalized spacial score (nSPS) is 22.2. The van der Waals surface area contributed by atoms with E-state index in [1.54, 1.807) is 4.90 Å². The summed E-state index contributed by atoms with van der Waals surface area (Å²) < 4.78 is 5.23. The van der Waals surface area contributed by atoms with Crippen molar-refractivity contribution in [2.75, 3.05) is 13.1 Å². The van der Waals surface area contributed by atoms with Gasteiger partial charge in [-0.05, 0) is 33.6 Å². The number of nitrogens with zero attached hydrogens (tertiary/aromatic N) is 1. The number of rotatable bonds is 2. The zero-order valence-corrected chi connectivity index (χ0v) is 11.3. The van der Waals surface area contributed by atoms with Gasteiger partial charge in [0, 0.05) is 12.5 Å². The molecular weight excluding hydrogens is 218 g/mol. The number of ether oxygens (including phenoxy) is 1. The minimum absolute atomic E-state index is 0.0277. The Morgan fingerprint density at radius 2 is 2.06 bits per heavy atom. The maximum atomic E-state index is 12.0. The minimum atomic E-state index is -0.488. The summed E-state index contributed by atoms with van der Waals surface area (Å²) in [6, 6.07) is 0. The van der Waals surface area contributed by atoms with Crippen LogP contribution in [0, 0.1) is 5.92 Å². The standard InChI is InChI=1S/C13H23NO3/c1-10-7-5-6-8-14(12(10)16)9-11(15)17-13(2,3)4/h10H,5-9H2,1-4H3. The van der Waals surface area contributed by atoms with E-state index in [4.69, 9.17) is 4.74 Å². The van der Waals surface area contributed by atoms with Gasteiger partial charge in [0.25, 0.3) is 0 Å². The molecule has 0 N–H and O–H groups in total. The van der Waals surface area contributed by atoms with E-state index in [9.17, 15) is 9.59 Å². The maximum Gasteiger partial charge on any atom is 0.326 e. The first-order valence-electron chi connectivity index (χ1n) is 6.30. The summed E-state index contributed by atoms with van der Waals surface area (Å²) in [6.45, 7) is 8.17. The Kier molecular flexibility index (Phi) is 4.54. The highest BCUT2D eigenvalue weighted by Crippen LogP contribution is 2.17. The van der Waals surface area contributed by atoms with Crippen molar-refractivity contribution < 1.29 is 14.3 Å². The zero-order valence-electron chi connectivity index (χ0n) is 11.3. The molecule has 1 saturated heterocycles. The van der Waals surface area contributed by atoms with E-state index in [-0.39, 0.29) is 24.3 Å². The molecule has 0 aromatic rings. The molecule has 1 heterocycles. The molecule has 1 atom stereocenters. The van der Waals surface area contributed by atoms with Crippen LogP contribution in [0.1, 0.15) is 47.0 Å². The van der Waals surface area contributed by atoms with Crippen molar-refractivity contribution in [1.82, 2.24) is 4.90 Å². The number of carbonyl (C=O) groups is 2. The van der Waals surface area contributed by atoms with Gasteiger partial charge in [0.1, 0.15) is 12.1 Å². The van der Waals surface area contributed by atoms with Gasteiger partial charge in [-0.15, -0.1) is 0 Å². The van der Waals surface area contributed by atoms with E-state index < -0.39 is 5.60 Å². The van der Waals surface area contributed by atoms with Crippen molar-refractivity contribution in [3.63, 3.8) is 0 Å². The molecule has 1 rings (SSSR count). The third-order valence-electron chi connectivity index (χ3n) is 2.79. The average molecular weight is 241 g/mol. The Hall–Kier alpha value is -1.06. The smallest absolute Gasteiger partial charge is 0.326 e. The summed E-state index contributed by atoms with van der Waals surface area (Å²) >= 11 is 0. The lowest BCUT2D eigenvalue weighted by Gasteiger charge is -2.25. The molecule has 17 heavy (non-hydrogen) atoms. The molecule has 0 aromatic carbocycles. The van der Waals surface area contributed by atoms with Crippen LogP contribution < -0.4 is 0 Å². The first kappa shape index (κ1) is 14.0. The number of amides is 1. The van der Waals surface area contributed by atoms with Gasteiger partial charge in [0.15, 0.2) is 0 Å². The van der Waals surface area contributed by atoms with Crippen LogP contribution in [0.15, 0.2) is 0 Å². The van der Waals surface area contributed by atoms with E-state index >= 15 is 0 Å². The lowest BCUT2D eigenvalue weighted by Crippen LogP contribution is -2.40. The van der Waals surface area contributed by atoms with Crippen LogP contribution >= 0.6 is 0 Å². The lowest BCUT2D eigenvalue weighted by molar-refractivity contribution is -0.159. The first-order valence-corrected chi connectivity index (χ1v) is 6.30. The van der Waals surface area contributed by atoms with Gasteiger partial charge in [-0.3, -0.25) is 9.59 Å². The summed E-state index contributed by atoms with van der Waals surface area (Å²) in [5, 5.41) is 0. The number of esters is 1. The third kappa shape index (κ3) is 4.75. The van der Waals surface area contributed by atoms with Crippen molar-refractivity contribution in [1.29, 1.82) is 0 Å².